The monoisotopic (exact) mass is 170 g/mol. The van der Waals surface area contributed by atoms with E-state index in [-0.39, 0.29) is 5.79 Å². The number of hydrogen-bond donors (Lipinski definition) is 0. The predicted octanol–water partition coefficient (Wildman–Crippen LogP) is 2.33. The van der Waals surface area contributed by atoms with Crippen molar-refractivity contribution in [1.82, 2.24) is 0 Å². The fourth-order valence-electron chi connectivity index (χ4n) is 2.22. The van der Waals surface area contributed by atoms with Crippen LogP contribution in [0.15, 0.2) is 0 Å². The third-order valence-electron chi connectivity index (χ3n) is 2.72. The van der Waals surface area contributed by atoms with E-state index < -0.39 is 0 Å². The van der Waals surface area contributed by atoms with Gasteiger partial charge < -0.3 is 9.47 Å². The van der Waals surface area contributed by atoms with Crippen LogP contribution >= 0.6 is 0 Å². The Bertz CT molecular complexity index is 151. The summed E-state index contributed by atoms with van der Waals surface area (Å²) in [6.07, 6.45) is 5.08. The molecule has 2 saturated heterocycles. The molecular formula is C10H18O2. The van der Waals surface area contributed by atoms with Crippen LogP contribution in [-0.2, 0) is 9.47 Å². The van der Waals surface area contributed by atoms with Gasteiger partial charge in [0.25, 0.3) is 0 Å². The molecule has 2 fully saturated rings. The molecule has 2 aliphatic heterocycles. The van der Waals surface area contributed by atoms with Crippen molar-refractivity contribution >= 4 is 0 Å². The molecule has 0 N–H and O–H groups in total. The largest absolute Gasteiger partial charge is 0.350 e. The van der Waals surface area contributed by atoms with E-state index in [0.717, 1.165) is 25.4 Å². The molecule has 70 valence electrons. The van der Waals surface area contributed by atoms with Crippen LogP contribution in [0, 0.1) is 5.92 Å². The van der Waals surface area contributed by atoms with E-state index in [0.29, 0.717) is 6.10 Å². The maximum absolute atomic E-state index is 5.78. The van der Waals surface area contributed by atoms with E-state index in [1.807, 2.05) is 0 Å². The first-order valence-electron chi connectivity index (χ1n) is 5.02. The molecule has 0 saturated carbocycles. The smallest absolute Gasteiger partial charge is 0.171 e. The van der Waals surface area contributed by atoms with Crippen molar-refractivity contribution in [1.29, 1.82) is 0 Å². The zero-order valence-corrected chi connectivity index (χ0v) is 8.01. The van der Waals surface area contributed by atoms with Gasteiger partial charge in [-0.05, 0) is 18.8 Å². The Labute approximate surface area is 74.2 Å². The summed E-state index contributed by atoms with van der Waals surface area (Å²) in [7, 11) is 0. The summed E-state index contributed by atoms with van der Waals surface area (Å²) in [6, 6.07) is 0. The molecule has 2 nitrogen and oxygen atoms in total. The molecule has 0 amide bonds. The maximum Gasteiger partial charge on any atom is 0.171 e. The van der Waals surface area contributed by atoms with Crippen molar-refractivity contribution in [3.8, 4) is 0 Å². The Morgan fingerprint density at radius 3 is 2.75 bits per heavy atom. The fraction of sp³-hybridized carbons (Fsp3) is 1.00. The highest BCUT2D eigenvalue weighted by Gasteiger charge is 2.48. The van der Waals surface area contributed by atoms with Gasteiger partial charge in [0, 0.05) is 12.8 Å². The summed E-state index contributed by atoms with van der Waals surface area (Å²) in [5, 5.41) is 0. The second-order valence-electron chi connectivity index (χ2n) is 4.44. The van der Waals surface area contributed by atoms with Crippen LogP contribution in [0.4, 0.5) is 0 Å². The minimum absolute atomic E-state index is 0.125. The minimum atomic E-state index is -0.125. The van der Waals surface area contributed by atoms with Gasteiger partial charge in [-0.2, -0.15) is 0 Å². The first-order valence-corrected chi connectivity index (χ1v) is 5.02. The van der Waals surface area contributed by atoms with Crippen molar-refractivity contribution in [2.24, 2.45) is 5.92 Å². The van der Waals surface area contributed by atoms with Crippen LogP contribution in [0.1, 0.15) is 39.5 Å². The number of hydrogen-bond acceptors (Lipinski definition) is 2. The lowest BCUT2D eigenvalue weighted by Crippen LogP contribution is -2.50. The molecule has 12 heavy (non-hydrogen) atoms. The van der Waals surface area contributed by atoms with Gasteiger partial charge >= 0.3 is 0 Å². The highest BCUT2D eigenvalue weighted by molar-refractivity contribution is 4.89. The van der Waals surface area contributed by atoms with Gasteiger partial charge in [-0.3, -0.25) is 0 Å². The molecule has 0 radical (unpaired) electrons. The molecule has 2 atom stereocenters. The van der Waals surface area contributed by atoms with E-state index >= 15 is 0 Å². The summed E-state index contributed by atoms with van der Waals surface area (Å²) in [4.78, 5) is 0. The summed E-state index contributed by atoms with van der Waals surface area (Å²) >= 11 is 0. The Hall–Kier alpha value is -0.0800. The Morgan fingerprint density at radius 1 is 1.50 bits per heavy atom. The van der Waals surface area contributed by atoms with E-state index in [9.17, 15) is 0 Å². The zero-order chi connectivity index (χ0) is 8.60. The lowest BCUT2D eigenvalue weighted by molar-refractivity contribution is -0.325. The molecule has 0 bridgehead atoms. The third-order valence-corrected chi connectivity index (χ3v) is 2.72. The molecule has 2 unspecified atom stereocenters. The molecular weight excluding hydrogens is 152 g/mol. The van der Waals surface area contributed by atoms with E-state index in [1.54, 1.807) is 0 Å². The van der Waals surface area contributed by atoms with Crippen molar-refractivity contribution in [2.75, 3.05) is 6.61 Å². The van der Waals surface area contributed by atoms with Crippen LogP contribution in [-0.4, -0.2) is 18.5 Å². The molecule has 1 spiro atoms. The molecule has 0 aromatic rings. The van der Waals surface area contributed by atoms with Gasteiger partial charge in [-0.15, -0.1) is 0 Å². The SMILES string of the molecule is CC(C)CC1CC2(CCCO2)O1. The second kappa shape index (κ2) is 3.00. The Kier molecular flexibility index (Phi) is 2.13. The van der Waals surface area contributed by atoms with Crippen LogP contribution in [0.5, 0.6) is 0 Å². The average Bonchev–Trinajstić information content (AvgIpc) is 2.33. The quantitative estimate of drug-likeness (QED) is 0.633. The topological polar surface area (TPSA) is 18.5 Å². The van der Waals surface area contributed by atoms with Crippen molar-refractivity contribution in [3.05, 3.63) is 0 Å². The summed E-state index contributed by atoms with van der Waals surface area (Å²) < 4.78 is 11.3. The molecule has 0 aliphatic carbocycles. The fourth-order valence-corrected chi connectivity index (χ4v) is 2.22. The van der Waals surface area contributed by atoms with Crippen molar-refractivity contribution < 1.29 is 9.47 Å². The zero-order valence-electron chi connectivity index (χ0n) is 8.01. The van der Waals surface area contributed by atoms with Gasteiger partial charge in [0.15, 0.2) is 5.79 Å². The minimum Gasteiger partial charge on any atom is -0.350 e. The molecule has 2 rings (SSSR count). The second-order valence-corrected chi connectivity index (χ2v) is 4.44. The summed E-state index contributed by atoms with van der Waals surface area (Å²) in [6.45, 7) is 5.38. The lowest BCUT2D eigenvalue weighted by atomic mass is 9.92. The molecule has 0 aromatic carbocycles. The lowest BCUT2D eigenvalue weighted by Gasteiger charge is -2.45. The third kappa shape index (κ3) is 1.50. The first kappa shape index (κ1) is 8.52. The average molecular weight is 170 g/mol. The first-order chi connectivity index (χ1) is 5.70. The molecule has 2 heteroatoms. The number of ether oxygens (including phenoxy) is 2. The summed E-state index contributed by atoms with van der Waals surface area (Å²) in [5.41, 5.74) is 0. The predicted molar refractivity (Wildman–Crippen MR) is 46.9 cm³/mol. The van der Waals surface area contributed by atoms with Gasteiger partial charge in [0.1, 0.15) is 0 Å². The van der Waals surface area contributed by atoms with Crippen molar-refractivity contribution in [3.63, 3.8) is 0 Å². The molecule has 0 aromatic heterocycles. The highest BCUT2D eigenvalue weighted by Crippen LogP contribution is 2.43. The van der Waals surface area contributed by atoms with Crippen LogP contribution < -0.4 is 0 Å². The van der Waals surface area contributed by atoms with Crippen molar-refractivity contribution in [2.45, 2.75) is 51.4 Å². The van der Waals surface area contributed by atoms with Crippen LogP contribution in [0.2, 0.25) is 0 Å². The summed E-state index contributed by atoms with van der Waals surface area (Å²) in [5.74, 6) is 0.619. The number of rotatable bonds is 2. The van der Waals surface area contributed by atoms with Gasteiger partial charge in [-0.1, -0.05) is 13.8 Å². The van der Waals surface area contributed by atoms with Crippen LogP contribution in [0.3, 0.4) is 0 Å². The van der Waals surface area contributed by atoms with Crippen LogP contribution in [0.25, 0.3) is 0 Å². The van der Waals surface area contributed by atoms with E-state index in [4.69, 9.17) is 9.47 Å². The normalized spacial score (nSPS) is 40.8. The Balaban J connectivity index is 1.75. The maximum atomic E-state index is 5.78. The van der Waals surface area contributed by atoms with E-state index in [1.165, 1.54) is 12.8 Å². The van der Waals surface area contributed by atoms with E-state index in [2.05, 4.69) is 13.8 Å². The molecule has 2 aliphatic rings. The van der Waals surface area contributed by atoms with Gasteiger partial charge in [0.05, 0.1) is 12.7 Å². The van der Waals surface area contributed by atoms with Gasteiger partial charge in [-0.25, -0.2) is 0 Å². The highest BCUT2D eigenvalue weighted by atomic mass is 16.7. The van der Waals surface area contributed by atoms with Gasteiger partial charge in [0.2, 0.25) is 0 Å². The standard InChI is InChI=1S/C10H18O2/c1-8(2)6-9-7-10(12-9)4-3-5-11-10/h8-9H,3-7H2,1-2H3. The molecule has 2 heterocycles. The Morgan fingerprint density at radius 2 is 2.25 bits per heavy atom.